The highest BCUT2D eigenvalue weighted by atomic mass is 16.2. The van der Waals surface area contributed by atoms with Gasteiger partial charge in [-0.25, -0.2) is 0 Å². The van der Waals surface area contributed by atoms with E-state index in [1.807, 2.05) is 58.9 Å². The number of aromatic nitrogens is 3. The number of nitrogens with zero attached hydrogens (tertiary/aromatic N) is 3. The highest BCUT2D eigenvalue weighted by molar-refractivity contribution is 6.01. The van der Waals surface area contributed by atoms with Crippen molar-refractivity contribution in [3.05, 3.63) is 75.8 Å². The van der Waals surface area contributed by atoms with Gasteiger partial charge in [-0.15, -0.1) is 0 Å². The lowest BCUT2D eigenvalue weighted by Gasteiger charge is -2.42. The minimum Gasteiger partial charge on any atom is -0.338 e. The third kappa shape index (κ3) is 2.68. The van der Waals surface area contributed by atoms with Crippen LogP contribution in [-0.4, -0.2) is 38.7 Å². The Morgan fingerprint density at radius 2 is 1.89 bits per heavy atom. The van der Waals surface area contributed by atoms with Crippen molar-refractivity contribution in [2.75, 3.05) is 13.1 Å². The number of nitrogens with one attached hydrogen (secondary N) is 1. The summed E-state index contributed by atoms with van der Waals surface area (Å²) in [7, 11) is 0. The van der Waals surface area contributed by atoms with Gasteiger partial charge in [0.05, 0.1) is 5.56 Å². The van der Waals surface area contributed by atoms with E-state index in [4.69, 9.17) is 0 Å². The molecule has 1 fully saturated rings. The number of amides is 1. The van der Waals surface area contributed by atoms with Crippen molar-refractivity contribution in [3.8, 4) is 11.3 Å². The Kier molecular flexibility index (Phi) is 3.93. The molecule has 1 aromatic carbocycles. The van der Waals surface area contributed by atoms with Gasteiger partial charge in [-0.3, -0.25) is 14.7 Å². The molecule has 2 bridgehead atoms. The first-order valence-electron chi connectivity index (χ1n) is 9.71. The predicted octanol–water partition coefficient (Wildman–Crippen LogP) is 2.81. The Morgan fingerprint density at radius 1 is 1.07 bits per heavy atom. The van der Waals surface area contributed by atoms with Gasteiger partial charge in [0, 0.05) is 48.6 Å². The van der Waals surface area contributed by atoms with Gasteiger partial charge in [0.15, 0.2) is 0 Å². The number of H-pyrrole nitrogens is 1. The summed E-state index contributed by atoms with van der Waals surface area (Å²) in [5.74, 6) is 0.534. The molecule has 1 saturated heterocycles. The van der Waals surface area contributed by atoms with E-state index in [0.29, 0.717) is 36.8 Å². The second-order valence-corrected chi connectivity index (χ2v) is 7.85. The van der Waals surface area contributed by atoms with Crippen molar-refractivity contribution in [3.63, 3.8) is 0 Å². The Bertz CT molecular complexity index is 1100. The molecule has 3 aromatic rings. The predicted molar refractivity (Wildman–Crippen MR) is 106 cm³/mol. The van der Waals surface area contributed by atoms with Gasteiger partial charge >= 0.3 is 0 Å². The van der Waals surface area contributed by atoms with E-state index in [9.17, 15) is 9.59 Å². The van der Waals surface area contributed by atoms with Crippen LogP contribution in [0.4, 0.5) is 0 Å². The van der Waals surface area contributed by atoms with Crippen LogP contribution in [-0.2, 0) is 6.54 Å². The molecule has 6 heteroatoms. The molecular formula is C22H22N4O2. The maximum atomic E-state index is 13.5. The van der Waals surface area contributed by atoms with Crippen molar-refractivity contribution in [2.45, 2.75) is 25.8 Å². The monoisotopic (exact) mass is 374 g/mol. The molecule has 5 rings (SSSR count). The molecule has 0 aliphatic carbocycles. The van der Waals surface area contributed by atoms with Crippen LogP contribution in [0.1, 0.15) is 34.1 Å². The first kappa shape index (κ1) is 17.0. The highest BCUT2D eigenvalue weighted by Crippen LogP contribution is 2.36. The summed E-state index contributed by atoms with van der Waals surface area (Å²) >= 11 is 0. The zero-order valence-electron chi connectivity index (χ0n) is 15.8. The summed E-state index contributed by atoms with van der Waals surface area (Å²) in [5, 5.41) is 7.39. The Hall–Kier alpha value is -3.15. The van der Waals surface area contributed by atoms with Crippen LogP contribution in [0, 0.1) is 12.8 Å². The van der Waals surface area contributed by atoms with Crippen molar-refractivity contribution in [1.29, 1.82) is 0 Å². The molecule has 1 N–H and O–H groups in total. The van der Waals surface area contributed by atoms with Crippen molar-refractivity contribution in [2.24, 2.45) is 5.92 Å². The number of carbonyl (C=O) groups is 1. The number of rotatable bonds is 2. The van der Waals surface area contributed by atoms with Crippen LogP contribution in [0.2, 0.25) is 0 Å². The second-order valence-electron chi connectivity index (χ2n) is 7.85. The lowest BCUT2D eigenvalue weighted by Crippen LogP contribution is -2.49. The number of fused-ring (bicyclic) bond motifs is 4. The maximum Gasteiger partial charge on any atom is 0.257 e. The van der Waals surface area contributed by atoms with Gasteiger partial charge in [-0.2, -0.15) is 5.10 Å². The molecule has 0 saturated carbocycles. The molecule has 2 atom stereocenters. The highest BCUT2D eigenvalue weighted by Gasteiger charge is 2.37. The fourth-order valence-electron chi connectivity index (χ4n) is 4.72. The first-order valence-corrected chi connectivity index (χ1v) is 9.71. The number of aryl methyl sites for hydroxylation is 1. The average molecular weight is 374 g/mol. The number of aromatic amines is 1. The van der Waals surface area contributed by atoms with Crippen molar-refractivity contribution >= 4 is 5.91 Å². The van der Waals surface area contributed by atoms with Crippen LogP contribution in [0.3, 0.4) is 0 Å². The summed E-state index contributed by atoms with van der Waals surface area (Å²) in [6.07, 6.45) is 1.03. The van der Waals surface area contributed by atoms with Crippen LogP contribution in [0.25, 0.3) is 11.3 Å². The molecule has 0 radical (unpaired) electrons. The molecule has 4 heterocycles. The van der Waals surface area contributed by atoms with Gasteiger partial charge in [0.25, 0.3) is 11.5 Å². The van der Waals surface area contributed by atoms with Gasteiger partial charge in [0.2, 0.25) is 0 Å². The van der Waals surface area contributed by atoms with Gasteiger partial charge < -0.3 is 9.47 Å². The number of hydrogen-bond donors (Lipinski definition) is 1. The summed E-state index contributed by atoms with van der Waals surface area (Å²) in [4.78, 5) is 27.6. The van der Waals surface area contributed by atoms with E-state index in [1.165, 1.54) is 0 Å². The number of likely N-dealkylation sites (tertiary alicyclic amines) is 1. The first-order chi connectivity index (χ1) is 13.6. The number of pyridine rings is 1. The van der Waals surface area contributed by atoms with E-state index in [-0.39, 0.29) is 17.4 Å². The largest absolute Gasteiger partial charge is 0.338 e. The summed E-state index contributed by atoms with van der Waals surface area (Å²) in [6.45, 7) is 3.89. The fourth-order valence-corrected chi connectivity index (χ4v) is 4.72. The van der Waals surface area contributed by atoms with Crippen LogP contribution >= 0.6 is 0 Å². The number of hydrogen-bond acceptors (Lipinski definition) is 3. The van der Waals surface area contributed by atoms with E-state index >= 15 is 0 Å². The van der Waals surface area contributed by atoms with E-state index < -0.39 is 0 Å². The third-order valence-electron chi connectivity index (χ3n) is 5.98. The second kappa shape index (κ2) is 6.48. The third-order valence-corrected chi connectivity index (χ3v) is 5.98. The molecule has 2 aromatic heterocycles. The molecule has 1 amide bonds. The van der Waals surface area contributed by atoms with E-state index in [1.54, 1.807) is 6.07 Å². The molecule has 2 aliphatic rings. The Morgan fingerprint density at radius 3 is 2.71 bits per heavy atom. The molecule has 0 unspecified atom stereocenters. The Balaban J connectivity index is 1.49. The summed E-state index contributed by atoms with van der Waals surface area (Å²) in [5.41, 5.74) is 4.19. The van der Waals surface area contributed by atoms with Crippen molar-refractivity contribution < 1.29 is 4.79 Å². The molecule has 28 heavy (non-hydrogen) atoms. The lowest BCUT2D eigenvalue weighted by atomic mass is 9.83. The topological polar surface area (TPSA) is 71.0 Å². The SMILES string of the molecule is Cc1[nH]nc(-c2ccccc2)c1C(=O)N1C[C@@H]2C[C@H](C1)c1cccc(=O)n1C2. The zero-order valence-corrected chi connectivity index (χ0v) is 15.8. The normalized spacial score (nSPS) is 20.7. The Labute approximate surface area is 162 Å². The van der Waals surface area contributed by atoms with Crippen LogP contribution < -0.4 is 5.56 Å². The molecule has 142 valence electrons. The van der Waals surface area contributed by atoms with Gasteiger partial charge in [-0.1, -0.05) is 36.4 Å². The summed E-state index contributed by atoms with van der Waals surface area (Å²) < 4.78 is 1.89. The smallest absolute Gasteiger partial charge is 0.257 e. The maximum absolute atomic E-state index is 13.5. The van der Waals surface area contributed by atoms with Gasteiger partial charge in [-0.05, 0) is 25.3 Å². The van der Waals surface area contributed by atoms with Crippen LogP contribution in [0.5, 0.6) is 0 Å². The lowest BCUT2D eigenvalue weighted by molar-refractivity contribution is 0.0594. The minimum absolute atomic E-state index is 0.0199. The number of piperidine rings is 1. The van der Waals surface area contributed by atoms with E-state index in [2.05, 4.69) is 10.2 Å². The molecule has 0 spiro atoms. The molecule has 2 aliphatic heterocycles. The molecular weight excluding hydrogens is 352 g/mol. The zero-order chi connectivity index (χ0) is 19.3. The average Bonchev–Trinajstić information content (AvgIpc) is 3.10. The van der Waals surface area contributed by atoms with E-state index in [0.717, 1.165) is 23.4 Å². The number of carbonyl (C=O) groups excluding carboxylic acids is 1. The van der Waals surface area contributed by atoms with Crippen molar-refractivity contribution in [1.82, 2.24) is 19.7 Å². The quantitative estimate of drug-likeness (QED) is 0.750. The summed E-state index contributed by atoms with van der Waals surface area (Å²) in [6, 6.07) is 15.3. The number of benzene rings is 1. The standard InChI is InChI=1S/C22H22N4O2/c1-14-20(21(24-23-14)16-6-3-2-4-7-16)22(28)25-11-15-10-17(13-25)18-8-5-9-19(27)26(18)12-15/h2-9,15,17H,10-13H2,1H3,(H,23,24)/t15-,17+/m0/s1. The molecule has 6 nitrogen and oxygen atoms in total. The van der Waals surface area contributed by atoms with Crippen LogP contribution in [0.15, 0.2) is 53.3 Å². The fraction of sp³-hybridized carbons (Fsp3) is 0.318. The minimum atomic E-state index is 0.0199. The van der Waals surface area contributed by atoms with Gasteiger partial charge in [0.1, 0.15) is 5.69 Å².